The highest BCUT2D eigenvalue weighted by Gasteiger charge is 2.22. The van der Waals surface area contributed by atoms with Gasteiger partial charge in [-0.05, 0) is 49.1 Å². The highest BCUT2D eigenvalue weighted by atomic mass is 16.5. The molecule has 0 amide bonds. The van der Waals surface area contributed by atoms with E-state index in [0.29, 0.717) is 0 Å². The van der Waals surface area contributed by atoms with Gasteiger partial charge in [-0.3, -0.25) is 4.99 Å². The minimum atomic E-state index is 0.719. The predicted molar refractivity (Wildman–Crippen MR) is 107 cm³/mol. The van der Waals surface area contributed by atoms with Crippen LogP contribution in [0.5, 0.6) is 11.5 Å². The molecule has 0 spiro atoms. The van der Waals surface area contributed by atoms with E-state index in [4.69, 9.17) is 14.5 Å². The Morgan fingerprint density at radius 2 is 1.92 bits per heavy atom. The van der Waals surface area contributed by atoms with Crippen LogP contribution in [-0.4, -0.2) is 39.8 Å². The van der Waals surface area contributed by atoms with Crippen molar-refractivity contribution in [2.75, 3.05) is 38.8 Å². The van der Waals surface area contributed by atoms with Crippen LogP contribution >= 0.6 is 0 Å². The fraction of sp³-hybridized carbons (Fsp3) is 0.381. The van der Waals surface area contributed by atoms with Crippen molar-refractivity contribution in [1.82, 2.24) is 5.32 Å². The molecule has 0 bridgehead atoms. The van der Waals surface area contributed by atoms with Gasteiger partial charge < -0.3 is 19.7 Å². The van der Waals surface area contributed by atoms with Gasteiger partial charge in [0.15, 0.2) is 17.5 Å². The minimum absolute atomic E-state index is 0.719. The third-order valence-electron chi connectivity index (χ3n) is 4.59. The number of aliphatic imine (C=N–C) groups is 1. The SMILES string of the molecule is CCNC(=NCCc1ccc(OC)c(OC)c1)N1CCc2ccccc21. The van der Waals surface area contributed by atoms with E-state index in [1.54, 1.807) is 14.2 Å². The number of rotatable bonds is 6. The number of guanidine groups is 1. The van der Waals surface area contributed by atoms with Crippen LogP contribution in [0.1, 0.15) is 18.1 Å². The summed E-state index contributed by atoms with van der Waals surface area (Å²) in [6, 6.07) is 14.6. The molecule has 0 saturated carbocycles. The first kappa shape index (κ1) is 18.1. The predicted octanol–water partition coefficient (Wildman–Crippen LogP) is 3.27. The highest BCUT2D eigenvalue weighted by Crippen LogP contribution is 2.28. The molecule has 0 saturated heterocycles. The third kappa shape index (κ3) is 3.93. The Labute approximate surface area is 155 Å². The van der Waals surface area contributed by atoms with E-state index < -0.39 is 0 Å². The van der Waals surface area contributed by atoms with Crippen LogP contribution in [0.25, 0.3) is 0 Å². The lowest BCUT2D eigenvalue weighted by Crippen LogP contribution is -2.40. The molecular formula is C21H27N3O2. The lowest BCUT2D eigenvalue weighted by atomic mass is 10.1. The van der Waals surface area contributed by atoms with Gasteiger partial charge in [0.05, 0.1) is 14.2 Å². The number of para-hydroxylation sites is 1. The zero-order chi connectivity index (χ0) is 18.4. The molecule has 5 nitrogen and oxygen atoms in total. The number of hydrogen-bond acceptors (Lipinski definition) is 3. The standard InChI is InChI=1S/C21H27N3O2/c1-4-22-21(24-14-12-17-7-5-6-8-18(17)24)23-13-11-16-9-10-19(25-2)20(15-16)26-3/h5-10,15H,4,11-14H2,1-3H3,(H,22,23). The molecule has 138 valence electrons. The summed E-state index contributed by atoms with van der Waals surface area (Å²) >= 11 is 0. The molecule has 1 heterocycles. The maximum absolute atomic E-state index is 5.38. The number of ether oxygens (including phenoxy) is 2. The van der Waals surface area contributed by atoms with E-state index in [0.717, 1.165) is 49.9 Å². The molecule has 2 aromatic carbocycles. The van der Waals surface area contributed by atoms with Crippen molar-refractivity contribution in [3.05, 3.63) is 53.6 Å². The zero-order valence-corrected chi connectivity index (χ0v) is 15.8. The van der Waals surface area contributed by atoms with E-state index >= 15 is 0 Å². The second-order valence-electron chi connectivity index (χ2n) is 6.21. The largest absolute Gasteiger partial charge is 0.493 e. The summed E-state index contributed by atoms with van der Waals surface area (Å²) < 4.78 is 10.7. The summed E-state index contributed by atoms with van der Waals surface area (Å²) in [5.74, 6) is 2.47. The van der Waals surface area contributed by atoms with Crippen molar-refractivity contribution < 1.29 is 9.47 Å². The van der Waals surface area contributed by atoms with Gasteiger partial charge in [0.25, 0.3) is 0 Å². The van der Waals surface area contributed by atoms with Crippen molar-refractivity contribution in [2.24, 2.45) is 4.99 Å². The van der Waals surface area contributed by atoms with Crippen molar-refractivity contribution in [3.8, 4) is 11.5 Å². The van der Waals surface area contributed by atoms with Crippen LogP contribution in [-0.2, 0) is 12.8 Å². The van der Waals surface area contributed by atoms with Gasteiger partial charge >= 0.3 is 0 Å². The lowest BCUT2D eigenvalue weighted by Gasteiger charge is -2.22. The summed E-state index contributed by atoms with van der Waals surface area (Å²) in [4.78, 5) is 7.13. The summed E-state index contributed by atoms with van der Waals surface area (Å²) in [5, 5.41) is 3.42. The van der Waals surface area contributed by atoms with Crippen molar-refractivity contribution >= 4 is 11.6 Å². The molecule has 5 heteroatoms. The average Bonchev–Trinajstić information content (AvgIpc) is 3.11. The van der Waals surface area contributed by atoms with Crippen molar-refractivity contribution in [1.29, 1.82) is 0 Å². The Hall–Kier alpha value is -2.69. The van der Waals surface area contributed by atoms with Gasteiger partial charge in [0.2, 0.25) is 0 Å². The first-order chi connectivity index (χ1) is 12.8. The number of hydrogen-bond donors (Lipinski definition) is 1. The van der Waals surface area contributed by atoms with Crippen molar-refractivity contribution in [3.63, 3.8) is 0 Å². The molecule has 1 aliphatic rings. The minimum Gasteiger partial charge on any atom is -0.493 e. The van der Waals surface area contributed by atoms with Crippen LogP contribution in [0, 0.1) is 0 Å². The third-order valence-corrected chi connectivity index (χ3v) is 4.59. The number of fused-ring (bicyclic) bond motifs is 1. The smallest absolute Gasteiger partial charge is 0.198 e. The summed E-state index contributed by atoms with van der Waals surface area (Å²) in [6.07, 6.45) is 1.92. The fourth-order valence-electron chi connectivity index (χ4n) is 3.28. The van der Waals surface area contributed by atoms with Crippen LogP contribution < -0.4 is 19.7 Å². The molecule has 1 N–H and O–H groups in total. The van der Waals surface area contributed by atoms with Crippen LogP contribution in [0.3, 0.4) is 0 Å². The topological polar surface area (TPSA) is 46.1 Å². The Balaban J connectivity index is 1.71. The number of methoxy groups -OCH3 is 2. The maximum Gasteiger partial charge on any atom is 0.198 e. The van der Waals surface area contributed by atoms with Crippen LogP contribution in [0.4, 0.5) is 5.69 Å². The zero-order valence-electron chi connectivity index (χ0n) is 15.8. The normalized spacial score (nSPS) is 13.5. The van der Waals surface area contributed by atoms with Gasteiger partial charge in [0.1, 0.15) is 0 Å². The van der Waals surface area contributed by atoms with Crippen molar-refractivity contribution in [2.45, 2.75) is 19.8 Å². The second-order valence-corrected chi connectivity index (χ2v) is 6.21. The van der Waals surface area contributed by atoms with E-state index in [9.17, 15) is 0 Å². The Morgan fingerprint density at radius 1 is 1.12 bits per heavy atom. The molecule has 0 aromatic heterocycles. The Bertz CT molecular complexity index is 774. The molecule has 0 radical (unpaired) electrons. The number of nitrogens with zero attached hydrogens (tertiary/aromatic N) is 2. The van der Waals surface area contributed by atoms with Gasteiger partial charge in [0, 0.05) is 25.3 Å². The Morgan fingerprint density at radius 3 is 2.69 bits per heavy atom. The first-order valence-electron chi connectivity index (χ1n) is 9.11. The monoisotopic (exact) mass is 353 g/mol. The highest BCUT2D eigenvalue weighted by molar-refractivity contribution is 5.97. The molecule has 0 atom stereocenters. The molecule has 0 unspecified atom stereocenters. The molecule has 0 aliphatic carbocycles. The van der Waals surface area contributed by atoms with Crippen LogP contribution in [0.2, 0.25) is 0 Å². The molecule has 0 fully saturated rings. The van der Waals surface area contributed by atoms with Gasteiger partial charge in [-0.25, -0.2) is 0 Å². The lowest BCUT2D eigenvalue weighted by molar-refractivity contribution is 0.354. The molecule has 1 aliphatic heterocycles. The number of benzene rings is 2. The molecule has 26 heavy (non-hydrogen) atoms. The average molecular weight is 353 g/mol. The quantitative estimate of drug-likeness (QED) is 0.639. The van der Waals surface area contributed by atoms with E-state index in [2.05, 4.69) is 47.5 Å². The summed E-state index contributed by atoms with van der Waals surface area (Å²) in [6.45, 7) is 4.65. The van der Waals surface area contributed by atoms with E-state index in [1.807, 2.05) is 12.1 Å². The molecule has 2 aromatic rings. The van der Waals surface area contributed by atoms with Gasteiger partial charge in [-0.15, -0.1) is 0 Å². The second kappa shape index (κ2) is 8.61. The first-order valence-corrected chi connectivity index (χ1v) is 9.11. The van der Waals surface area contributed by atoms with E-state index in [1.165, 1.54) is 16.8 Å². The fourth-order valence-corrected chi connectivity index (χ4v) is 3.28. The summed E-state index contributed by atoms with van der Waals surface area (Å²) in [7, 11) is 3.31. The Kier molecular flexibility index (Phi) is 6.00. The maximum atomic E-state index is 5.38. The number of anilines is 1. The molecular weight excluding hydrogens is 326 g/mol. The van der Waals surface area contributed by atoms with Gasteiger partial charge in [-0.1, -0.05) is 24.3 Å². The van der Waals surface area contributed by atoms with Gasteiger partial charge in [-0.2, -0.15) is 0 Å². The summed E-state index contributed by atoms with van der Waals surface area (Å²) in [5.41, 5.74) is 3.83. The molecule has 3 rings (SSSR count). The van der Waals surface area contributed by atoms with Crippen LogP contribution in [0.15, 0.2) is 47.5 Å². The van der Waals surface area contributed by atoms with E-state index in [-0.39, 0.29) is 0 Å². The number of nitrogens with one attached hydrogen (secondary N) is 1.